The Morgan fingerprint density at radius 2 is 2.19 bits per heavy atom. The van der Waals surface area contributed by atoms with E-state index in [1.165, 1.54) is 11.1 Å². The molecule has 0 radical (unpaired) electrons. The zero-order chi connectivity index (χ0) is 15.7. The highest BCUT2D eigenvalue weighted by atomic mass is 16.5. The largest absolute Gasteiger partial charge is 0.466 e. The van der Waals surface area contributed by atoms with Crippen molar-refractivity contribution in [3.05, 3.63) is 29.6 Å². The van der Waals surface area contributed by atoms with Crippen LogP contribution in [0.5, 0.6) is 0 Å². The van der Waals surface area contributed by atoms with Gasteiger partial charge in [0.25, 0.3) is 5.91 Å². The van der Waals surface area contributed by atoms with Crippen molar-refractivity contribution in [2.45, 2.75) is 13.3 Å². The first-order chi connectivity index (χ1) is 10.1. The summed E-state index contributed by atoms with van der Waals surface area (Å²) in [5.74, 6) is 4.99. The van der Waals surface area contributed by atoms with Crippen molar-refractivity contribution < 1.29 is 14.3 Å². The molecule has 0 saturated heterocycles. The molecule has 1 amide bonds. The average Bonchev–Trinajstić information content (AvgIpc) is 2.50. The van der Waals surface area contributed by atoms with Crippen LogP contribution in [0.3, 0.4) is 0 Å². The zero-order valence-electron chi connectivity index (χ0n) is 12.3. The SMILES string of the molecule is CCOC(=O)CCN(C)C(=O)c1cncc(C#CCN)c1. The minimum Gasteiger partial charge on any atom is -0.466 e. The van der Waals surface area contributed by atoms with Crippen LogP contribution in [0.25, 0.3) is 0 Å². The maximum atomic E-state index is 12.2. The zero-order valence-corrected chi connectivity index (χ0v) is 12.3. The van der Waals surface area contributed by atoms with Gasteiger partial charge in [0.1, 0.15) is 0 Å². The number of aromatic nitrogens is 1. The summed E-state index contributed by atoms with van der Waals surface area (Å²) in [5.41, 5.74) is 6.35. The fourth-order valence-corrected chi connectivity index (χ4v) is 1.59. The van der Waals surface area contributed by atoms with Gasteiger partial charge in [0.2, 0.25) is 0 Å². The second-order valence-electron chi connectivity index (χ2n) is 4.25. The molecule has 0 fully saturated rings. The lowest BCUT2D eigenvalue weighted by molar-refractivity contribution is -0.143. The van der Waals surface area contributed by atoms with E-state index >= 15 is 0 Å². The number of ether oxygens (including phenoxy) is 1. The quantitative estimate of drug-likeness (QED) is 0.627. The van der Waals surface area contributed by atoms with E-state index in [1.807, 2.05) is 0 Å². The molecule has 0 aliphatic heterocycles. The Kier molecular flexibility index (Phi) is 6.92. The molecule has 0 unspecified atom stereocenters. The van der Waals surface area contributed by atoms with E-state index in [4.69, 9.17) is 10.5 Å². The maximum absolute atomic E-state index is 12.2. The van der Waals surface area contributed by atoms with Crippen LogP contribution in [-0.4, -0.2) is 48.5 Å². The van der Waals surface area contributed by atoms with Gasteiger partial charge in [-0.15, -0.1) is 0 Å². The van der Waals surface area contributed by atoms with Crippen molar-refractivity contribution in [3.63, 3.8) is 0 Å². The number of hydrogen-bond donors (Lipinski definition) is 1. The number of carbonyl (C=O) groups is 2. The van der Waals surface area contributed by atoms with Crippen molar-refractivity contribution in [2.75, 3.05) is 26.7 Å². The Bertz CT molecular complexity index is 561. The molecule has 0 aromatic carbocycles. The molecule has 21 heavy (non-hydrogen) atoms. The molecule has 6 nitrogen and oxygen atoms in total. The van der Waals surface area contributed by atoms with Gasteiger partial charge in [-0.05, 0) is 13.0 Å². The summed E-state index contributed by atoms with van der Waals surface area (Å²) in [6.45, 7) is 2.61. The van der Waals surface area contributed by atoms with Crippen LogP contribution in [0, 0.1) is 11.8 Å². The van der Waals surface area contributed by atoms with Gasteiger partial charge in [-0.25, -0.2) is 0 Å². The summed E-state index contributed by atoms with van der Waals surface area (Å²) in [6.07, 6.45) is 3.20. The van der Waals surface area contributed by atoms with E-state index in [0.29, 0.717) is 17.7 Å². The fourth-order valence-electron chi connectivity index (χ4n) is 1.59. The van der Waals surface area contributed by atoms with Gasteiger partial charge in [-0.2, -0.15) is 0 Å². The second kappa shape index (κ2) is 8.72. The summed E-state index contributed by atoms with van der Waals surface area (Å²) in [4.78, 5) is 28.9. The van der Waals surface area contributed by atoms with Crippen molar-refractivity contribution in [3.8, 4) is 11.8 Å². The molecule has 1 rings (SSSR count). The Morgan fingerprint density at radius 1 is 1.43 bits per heavy atom. The van der Waals surface area contributed by atoms with Crippen molar-refractivity contribution in [2.24, 2.45) is 5.73 Å². The smallest absolute Gasteiger partial charge is 0.307 e. The maximum Gasteiger partial charge on any atom is 0.307 e. The van der Waals surface area contributed by atoms with Gasteiger partial charge in [0.15, 0.2) is 0 Å². The van der Waals surface area contributed by atoms with Crippen LogP contribution in [0.1, 0.15) is 29.3 Å². The van der Waals surface area contributed by atoms with Crippen molar-refractivity contribution in [1.29, 1.82) is 0 Å². The Hall–Kier alpha value is -2.39. The molecule has 0 aliphatic rings. The minimum atomic E-state index is -0.321. The first kappa shape index (κ1) is 16.7. The topological polar surface area (TPSA) is 85.5 Å². The van der Waals surface area contributed by atoms with E-state index in [9.17, 15) is 9.59 Å². The molecule has 1 aromatic heterocycles. The van der Waals surface area contributed by atoms with E-state index in [0.717, 1.165) is 0 Å². The lowest BCUT2D eigenvalue weighted by Crippen LogP contribution is -2.29. The molecular formula is C15H19N3O3. The van der Waals surface area contributed by atoms with Crippen LogP contribution >= 0.6 is 0 Å². The van der Waals surface area contributed by atoms with Crippen molar-refractivity contribution in [1.82, 2.24) is 9.88 Å². The monoisotopic (exact) mass is 289 g/mol. The average molecular weight is 289 g/mol. The molecule has 2 N–H and O–H groups in total. The molecule has 0 saturated carbocycles. The number of nitrogens with zero attached hydrogens (tertiary/aromatic N) is 2. The highest BCUT2D eigenvalue weighted by Gasteiger charge is 2.14. The Balaban J connectivity index is 2.67. The Morgan fingerprint density at radius 3 is 2.86 bits per heavy atom. The normalized spacial score (nSPS) is 9.48. The van der Waals surface area contributed by atoms with Gasteiger partial charge in [0.05, 0.1) is 25.1 Å². The highest BCUT2D eigenvalue weighted by molar-refractivity contribution is 5.94. The predicted octanol–water partition coefficient (Wildman–Crippen LogP) is 0.417. The molecular weight excluding hydrogens is 270 g/mol. The highest BCUT2D eigenvalue weighted by Crippen LogP contribution is 2.05. The third-order valence-corrected chi connectivity index (χ3v) is 2.62. The van der Waals surface area contributed by atoms with Crippen LogP contribution < -0.4 is 5.73 Å². The molecule has 1 heterocycles. The molecule has 0 bridgehead atoms. The summed E-state index contributed by atoms with van der Waals surface area (Å²) >= 11 is 0. The fraction of sp³-hybridized carbons (Fsp3) is 0.400. The lowest BCUT2D eigenvalue weighted by atomic mass is 10.2. The summed E-state index contributed by atoms with van der Waals surface area (Å²) in [6, 6.07) is 1.65. The summed E-state index contributed by atoms with van der Waals surface area (Å²) in [7, 11) is 1.62. The minimum absolute atomic E-state index is 0.163. The molecule has 0 aliphatic carbocycles. The van der Waals surface area contributed by atoms with Crippen LogP contribution in [0.2, 0.25) is 0 Å². The molecule has 1 aromatic rings. The van der Waals surface area contributed by atoms with Gasteiger partial charge >= 0.3 is 5.97 Å². The standard InChI is InChI=1S/C15H19N3O3/c1-3-21-14(19)6-8-18(2)15(20)13-9-12(5-4-7-16)10-17-11-13/h9-11H,3,6-8,16H2,1-2H3. The lowest BCUT2D eigenvalue weighted by Gasteiger charge is -2.16. The third-order valence-electron chi connectivity index (χ3n) is 2.62. The second-order valence-corrected chi connectivity index (χ2v) is 4.25. The van der Waals surface area contributed by atoms with E-state index in [2.05, 4.69) is 16.8 Å². The van der Waals surface area contributed by atoms with Gasteiger partial charge in [-0.3, -0.25) is 14.6 Å². The molecule has 0 atom stereocenters. The number of pyridine rings is 1. The number of nitrogens with two attached hydrogens (primary N) is 1. The predicted molar refractivity (Wildman–Crippen MR) is 78.4 cm³/mol. The molecule has 6 heteroatoms. The first-order valence-electron chi connectivity index (χ1n) is 6.63. The van der Waals surface area contributed by atoms with Crippen molar-refractivity contribution >= 4 is 11.9 Å². The molecule has 0 spiro atoms. The first-order valence-corrected chi connectivity index (χ1v) is 6.63. The third kappa shape index (κ3) is 5.63. The number of hydrogen-bond acceptors (Lipinski definition) is 5. The van der Waals surface area contributed by atoms with Gasteiger partial charge < -0.3 is 15.4 Å². The number of esters is 1. The summed E-state index contributed by atoms with van der Waals surface area (Å²) < 4.78 is 4.82. The summed E-state index contributed by atoms with van der Waals surface area (Å²) in [5, 5.41) is 0. The van der Waals surface area contributed by atoms with Crippen LogP contribution in [-0.2, 0) is 9.53 Å². The van der Waals surface area contributed by atoms with Crippen LogP contribution in [0.15, 0.2) is 18.5 Å². The number of amides is 1. The number of rotatable bonds is 5. The van der Waals surface area contributed by atoms with Gasteiger partial charge in [-0.1, -0.05) is 11.8 Å². The Labute approximate surface area is 124 Å². The van der Waals surface area contributed by atoms with E-state index in [1.54, 1.807) is 26.2 Å². The van der Waals surface area contributed by atoms with Crippen LogP contribution in [0.4, 0.5) is 0 Å². The number of carbonyl (C=O) groups excluding carboxylic acids is 2. The van der Waals surface area contributed by atoms with Gasteiger partial charge in [0, 0.05) is 31.5 Å². The van der Waals surface area contributed by atoms with E-state index < -0.39 is 0 Å². The van der Waals surface area contributed by atoms with E-state index in [-0.39, 0.29) is 31.4 Å². The molecule has 112 valence electrons.